The van der Waals surface area contributed by atoms with E-state index < -0.39 is 0 Å². The van der Waals surface area contributed by atoms with Gasteiger partial charge in [0.2, 0.25) is 5.91 Å². The van der Waals surface area contributed by atoms with Crippen molar-refractivity contribution in [2.45, 2.75) is 26.7 Å². The first-order chi connectivity index (χ1) is 10.1. The molecule has 0 bridgehead atoms. The van der Waals surface area contributed by atoms with Gasteiger partial charge in [0.25, 0.3) is 0 Å². The molecule has 0 heterocycles. The van der Waals surface area contributed by atoms with Crippen molar-refractivity contribution < 1.29 is 9.53 Å². The third-order valence-corrected chi connectivity index (χ3v) is 3.35. The molecule has 0 saturated heterocycles. The number of nitrogens with one attached hydrogen (secondary N) is 1. The zero-order chi connectivity index (χ0) is 15.2. The number of carbonyl (C=O) groups is 1. The standard InChI is InChI=1S/C18H21NO2/c1-13-5-4-6-15(11-13)8-10-18(20)19-16-12-14(2)7-9-17(16)21-3/h4-7,9,11-12H,8,10H2,1-3H3,(H,19,20). The van der Waals surface area contributed by atoms with Gasteiger partial charge in [0, 0.05) is 6.42 Å². The molecule has 0 saturated carbocycles. The highest BCUT2D eigenvalue weighted by Gasteiger charge is 2.08. The molecule has 0 aliphatic heterocycles. The molecule has 2 aromatic carbocycles. The van der Waals surface area contributed by atoms with E-state index in [4.69, 9.17) is 4.74 Å². The fourth-order valence-corrected chi connectivity index (χ4v) is 2.26. The third-order valence-electron chi connectivity index (χ3n) is 3.35. The summed E-state index contributed by atoms with van der Waals surface area (Å²) in [6.45, 7) is 4.04. The van der Waals surface area contributed by atoms with Crippen LogP contribution < -0.4 is 10.1 Å². The summed E-state index contributed by atoms with van der Waals surface area (Å²) in [6.07, 6.45) is 1.20. The molecule has 1 N–H and O–H groups in total. The van der Waals surface area contributed by atoms with Crippen LogP contribution in [0.4, 0.5) is 5.69 Å². The minimum absolute atomic E-state index is 0.000376. The van der Waals surface area contributed by atoms with Gasteiger partial charge in [-0.3, -0.25) is 4.79 Å². The fraction of sp³-hybridized carbons (Fsp3) is 0.278. The number of anilines is 1. The van der Waals surface area contributed by atoms with Gasteiger partial charge in [-0.05, 0) is 43.5 Å². The molecule has 2 rings (SSSR count). The summed E-state index contributed by atoms with van der Waals surface area (Å²) < 4.78 is 5.26. The van der Waals surface area contributed by atoms with Crippen LogP contribution >= 0.6 is 0 Å². The van der Waals surface area contributed by atoms with Gasteiger partial charge in [-0.2, -0.15) is 0 Å². The van der Waals surface area contributed by atoms with Crippen LogP contribution in [0.1, 0.15) is 23.1 Å². The summed E-state index contributed by atoms with van der Waals surface area (Å²) in [5.74, 6) is 0.685. The Labute approximate surface area is 126 Å². The van der Waals surface area contributed by atoms with Crippen LogP contribution in [0.15, 0.2) is 42.5 Å². The lowest BCUT2D eigenvalue weighted by Crippen LogP contribution is -2.13. The number of amides is 1. The molecule has 110 valence electrons. The van der Waals surface area contributed by atoms with Crippen molar-refractivity contribution in [3.8, 4) is 5.75 Å². The molecular weight excluding hydrogens is 262 g/mol. The molecule has 1 amide bonds. The SMILES string of the molecule is COc1ccc(C)cc1NC(=O)CCc1cccc(C)c1. The zero-order valence-electron chi connectivity index (χ0n) is 12.8. The average molecular weight is 283 g/mol. The Kier molecular flexibility index (Phi) is 4.99. The first kappa shape index (κ1) is 15.1. The molecule has 3 nitrogen and oxygen atoms in total. The summed E-state index contributed by atoms with van der Waals surface area (Å²) >= 11 is 0. The second-order valence-electron chi connectivity index (χ2n) is 5.24. The van der Waals surface area contributed by atoms with Crippen LogP contribution in [0.3, 0.4) is 0 Å². The van der Waals surface area contributed by atoms with Crippen molar-refractivity contribution >= 4 is 11.6 Å². The van der Waals surface area contributed by atoms with Gasteiger partial charge < -0.3 is 10.1 Å². The van der Waals surface area contributed by atoms with Crippen molar-refractivity contribution in [1.29, 1.82) is 0 Å². The van der Waals surface area contributed by atoms with Crippen molar-refractivity contribution in [1.82, 2.24) is 0 Å². The normalized spacial score (nSPS) is 10.2. The Morgan fingerprint density at radius 3 is 2.57 bits per heavy atom. The molecule has 0 aliphatic carbocycles. The van der Waals surface area contributed by atoms with Crippen LogP contribution in [-0.4, -0.2) is 13.0 Å². The van der Waals surface area contributed by atoms with Crippen molar-refractivity contribution in [2.75, 3.05) is 12.4 Å². The predicted molar refractivity (Wildman–Crippen MR) is 85.9 cm³/mol. The number of hydrogen-bond acceptors (Lipinski definition) is 2. The van der Waals surface area contributed by atoms with Gasteiger partial charge in [0.05, 0.1) is 12.8 Å². The molecule has 2 aromatic rings. The molecular formula is C18H21NO2. The van der Waals surface area contributed by atoms with E-state index in [0.29, 0.717) is 12.2 Å². The smallest absolute Gasteiger partial charge is 0.224 e. The van der Waals surface area contributed by atoms with E-state index in [1.165, 1.54) is 11.1 Å². The van der Waals surface area contributed by atoms with Gasteiger partial charge in [-0.1, -0.05) is 35.9 Å². The van der Waals surface area contributed by atoms with Crippen LogP contribution in [0, 0.1) is 13.8 Å². The minimum atomic E-state index is 0.000376. The third kappa shape index (κ3) is 4.35. The highest BCUT2D eigenvalue weighted by Crippen LogP contribution is 2.25. The van der Waals surface area contributed by atoms with Gasteiger partial charge in [-0.15, -0.1) is 0 Å². The first-order valence-corrected chi connectivity index (χ1v) is 7.08. The molecule has 0 aliphatic rings. The van der Waals surface area contributed by atoms with Crippen LogP contribution in [0.5, 0.6) is 5.75 Å². The second-order valence-corrected chi connectivity index (χ2v) is 5.24. The number of methoxy groups -OCH3 is 1. The van der Waals surface area contributed by atoms with Crippen molar-refractivity contribution in [3.05, 3.63) is 59.2 Å². The quantitative estimate of drug-likeness (QED) is 0.904. The number of rotatable bonds is 5. The Bertz CT molecular complexity index is 635. The van der Waals surface area contributed by atoms with E-state index in [1.807, 2.05) is 37.3 Å². The van der Waals surface area contributed by atoms with Crippen LogP contribution in [-0.2, 0) is 11.2 Å². The molecule has 21 heavy (non-hydrogen) atoms. The summed E-state index contributed by atoms with van der Waals surface area (Å²) in [6, 6.07) is 14.0. The zero-order valence-corrected chi connectivity index (χ0v) is 12.8. The van der Waals surface area contributed by atoms with Crippen LogP contribution in [0.25, 0.3) is 0 Å². The number of carbonyl (C=O) groups excluding carboxylic acids is 1. The summed E-state index contributed by atoms with van der Waals surface area (Å²) in [4.78, 5) is 12.1. The average Bonchev–Trinajstić information content (AvgIpc) is 2.45. The van der Waals surface area contributed by atoms with Gasteiger partial charge >= 0.3 is 0 Å². The van der Waals surface area contributed by atoms with E-state index in [-0.39, 0.29) is 5.91 Å². The highest BCUT2D eigenvalue weighted by molar-refractivity contribution is 5.92. The molecule has 0 unspecified atom stereocenters. The summed E-state index contributed by atoms with van der Waals surface area (Å²) in [7, 11) is 1.60. The summed E-state index contributed by atoms with van der Waals surface area (Å²) in [5.41, 5.74) is 4.21. The Morgan fingerprint density at radius 1 is 1.10 bits per heavy atom. The largest absolute Gasteiger partial charge is 0.495 e. The number of hydrogen-bond donors (Lipinski definition) is 1. The lowest BCUT2D eigenvalue weighted by molar-refractivity contribution is -0.116. The van der Waals surface area contributed by atoms with E-state index in [0.717, 1.165) is 17.7 Å². The van der Waals surface area contributed by atoms with Gasteiger partial charge in [0.15, 0.2) is 0 Å². The minimum Gasteiger partial charge on any atom is -0.495 e. The molecule has 0 radical (unpaired) electrons. The van der Waals surface area contributed by atoms with Crippen molar-refractivity contribution in [2.24, 2.45) is 0 Å². The molecule has 0 spiro atoms. The Morgan fingerprint density at radius 2 is 1.86 bits per heavy atom. The van der Waals surface area contributed by atoms with Crippen molar-refractivity contribution in [3.63, 3.8) is 0 Å². The number of benzene rings is 2. The maximum Gasteiger partial charge on any atom is 0.224 e. The van der Waals surface area contributed by atoms with Gasteiger partial charge in [-0.25, -0.2) is 0 Å². The molecule has 3 heteroatoms. The maximum absolute atomic E-state index is 12.1. The van der Waals surface area contributed by atoms with Gasteiger partial charge in [0.1, 0.15) is 5.75 Å². The van der Waals surface area contributed by atoms with E-state index in [1.54, 1.807) is 7.11 Å². The second kappa shape index (κ2) is 6.93. The number of ether oxygens (including phenoxy) is 1. The summed E-state index contributed by atoms with van der Waals surface area (Å²) in [5, 5.41) is 2.92. The fourth-order valence-electron chi connectivity index (χ4n) is 2.26. The van der Waals surface area contributed by atoms with E-state index in [2.05, 4.69) is 24.4 Å². The Balaban J connectivity index is 1.97. The van der Waals surface area contributed by atoms with E-state index in [9.17, 15) is 4.79 Å². The Hall–Kier alpha value is -2.29. The monoisotopic (exact) mass is 283 g/mol. The first-order valence-electron chi connectivity index (χ1n) is 7.08. The molecule has 0 fully saturated rings. The predicted octanol–water partition coefficient (Wildman–Crippen LogP) is 3.88. The molecule has 0 aromatic heterocycles. The molecule has 0 atom stereocenters. The van der Waals surface area contributed by atoms with E-state index >= 15 is 0 Å². The number of aryl methyl sites for hydroxylation is 3. The highest BCUT2D eigenvalue weighted by atomic mass is 16.5. The van der Waals surface area contributed by atoms with Crippen LogP contribution in [0.2, 0.25) is 0 Å². The topological polar surface area (TPSA) is 38.3 Å². The lowest BCUT2D eigenvalue weighted by atomic mass is 10.1. The maximum atomic E-state index is 12.1. The lowest BCUT2D eigenvalue weighted by Gasteiger charge is -2.11.